The van der Waals surface area contributed by atoms with Crippen molar-refractivity contribution < 1.29 is 19.7 Å². The van der Waals surface area contributed by atoms with Crippen LogP contribution in [0.1, 0.15) is 36.8 Å². The molecule has 1 unspecified atom stereocenters. The summed E-state index contributed by atoms with van der Waals surface area (Å²) in [5.74, 6) is -0.344. The first-order valence-electron chi connectivity index (χ1n) is 7.24. The van der Waals surface area contributed by atoms with Crippen molar-refractivity contribution in [3.63, 3.8) is 0 Å². The van der Waals surface area contributed by atoms with Gasteiger partial charge in [-0.15, -0.1) is 0 Å². The Morgan fingerprint density at radius 2 is 2.10 bits per heavy atom. The van der Waals surface area contributed by atoms with E-state index < -0.39 is 5.97 Å². The number of benzene rings is 1. The van der Waals surface area contributed by atoms with E-state index in [-0.39, 0.29) is 17.8 Å². The van der Waals surface area contributed by atoms with Crippen molar-refractivity contribution >= 4 is 5.97 Å². The summed E-state index contributed by atoms with van der Waals surface area (Å²) in [7, 11) is 0. The summed E-state index contributed by atoms with van der Waals surface area (Å²) in [5.41, 5.74) is 1.93. The van der Waals surface area contributed by atoms with Crippen LogP contribution in [0.4, 0.5) is 0 Å². The molecule has 3 rings (SSSR count). The quantitative estimate of drug-likeness (QED) is 0.871. The fourth-order valence-corrected chi connectivity index (χ4v) is 4.08. The maximum atomic E-state index is 11.2. The average molecular weight is 276 g/mol. The zero-order valence-electron chi connectivity index (χ0n) is 11.5. The molecule has 1 aromatic rings. The van der Waals surface area contributed by atoms with Crippen LogP contribution in [0, 0.1) is 5.92 Å². The average Bonchev–Trinajstić information content (AvgIpc) is 2.43. The van der Waals surface area contributed by atoms with Crippen LogP contribution < -0.4 is 0 Å². The second kappa shape index (κ2) is 5.09. The Morgan fingerprint density at radius 3 is 2.80 bits per heavy atom. The number of carboxylic acids is 1. The van der Waals surface area contributed by atoms with Gasteiger partial charge in [0.1, 0.15) is 5.75 Å². The van der Waals surface area contributed by atoms with Crippen molar-refractivity contribution in [3.05, 3.63) is 29.3 Å². The number of hydrogen-bond donors (Lipinski definition) is 2. The van der Waals surface area contributed by atoms with Crippen molar-refractivity contribution in [1.82, 2.24) is 0 Å². The van der Waals surface area contributed by atoms with E-state index in [1.807, 2.05) is 6.07 Å². The molecular formula is C16H20O4. The highest BCUT2D eigenvalue weighted by molar-refractivity contribution is 5.67. The Balaban J connectivity index is 2.09. The predicted molar refractivity (Wildman–Crippen MR) is 73.9 cm³/mol. The Kier molecular flexibility index (Phi) is 3.42. The summed E-state index contributed by atoms with van der Waals surface area (Å²) < 4.78 is 5.48. The molecule has 1 fully saturated rings. The third-order valence-electron chi connectivity index (χ3n) is 4.98. The SMILES string of the molecule is O=C(O)CC1CCc2cccc(O)c2C12CCOCC2. The number of aromatic hydroxyl groups is 1. The smallest absolute Gasteiger partial charge is 0.303 e. The number of carboxylic acid groups (broad SMARTS) is 1. The van der Waals surface area contributed by atoms with Crippen LogP contribution in [0.5, 0.6) is 5.75 Å². The van der Waals surface area contributed by atoms with Crippen LogP contribution in [-0.2, 0) is 21.4 Å². The molecule has 4 nitrogen and oxygen atoms in total. The number of aliphatic carboxylic acids is 1. The first kappa shape index (κ1) is 13.4. The lowest BCUT2D eigenvalue weighted by molar-refractivity contribution is -0.139. The van der Waals surface area contributed by atoms with E-state index in [4.69, 9.17) is 4.74 Å². The van der Waals surface area contributed by atoms with Gasteiger partial charge in [0.25, 0.3) is 0 Å². The molecule has 0 bridgehead atoms. The van der Waals surface area contributed by atoms with Crippen molar-refractivity contribution in [2.24, 2.45) is 5.92 Å². The third-order valence-corrected chi connectivity index (χ3v) is 4.98. The zero-order chi connectivity index (χ0) is 14.2. The van der Waals surface area contributed by atoms with E-state index in [1.165, 1.54) is 5.56 Å². The molecule has 2 N–H and O–H groups in total. The van der Waals surface area contributed by atoms with Crippen LogP contribution in [0.3, 0.4) is 0 Å². The molecule has 4 heteroatoms. The van der Waals surface area contributed by atoms with E-state index in [2.05, 4.69) is 6.07 Å². The Morgan fingerprint density at radius 1 is 1.35 bits per heavy atom. The van der Waals surface area contributed by atoms with Crippen molar-refractivity contribution in [1.29, 1.82) is 0 Å². The van der Waals surface area contributed by atoms with E-state index in [1.54, 1.807) is 6.07 Å². The maximum Gasteiger partial charge on any atom is 0.303 e. The molecule has 0 aromatic heterocycles. The molecule has 0 saturated carbocycles. The number of phenolic OH excluding ortho intramolecular Hbond substituents is 1. The Hall–Kier alpha value is -1.55. The molecule has 0 amide bonds. The van der Waals surface area contributed by atoms with Gasteiger partial charge in [0.2, 0.25) is 0 Å². The topological polar surface area (TPSA) is 66.8 Å². The highest BCUT2D eigenvalue weighted by Gasteiger charge is 2.47. The lowest BCUT2D eigenvalue weighted by Gasteiger charge is -2.47. The van der Waals surface area contributed by atoms with Gasteiger partial charge in [-0.3, -0.25) is 4.79 Å². The van der Waals surface area contributed by atoms with Gasteiger partial charge in [-0.2, -0.15) is 0 Å². The Bertz CT molecular complexity index is 517. The molecule has 1 spiro atoms. The number of hydrogen-bond acceptors (Lipinski definition) is 3. The molecule has 20 heavy (non-hydrogen) atoms. The molecular weight excluding hydrogens is 256 g/mol. The summed E-state index contributed by atoms with van der Waals surface area (Å²) in [4.78, 5) is 11.2. The second-order valence-electron chi connectivity index (χ2n) is 5.91. The van der Waals surface area contributed by atoms with E-state index in [0.717, 1.165) is 31.2 Å². The summed E-state index contributed by atoms with van der Waals surface area (Å²) in [5, 5.41) is 19.5. The number of rotatable bonds is 2. The first-order valence-corrected chi connectivity index (χ1v) is 7.24. The molecule has 0 radical (unpaired) electrons. The van der Waals surface area contributed by atoms with Crippen LogP contribution in [0.15, 0.2) is 18.2 Å². The molecule has 1 aliphatic carbocycles. The highest BCUT2D eigenvalue weighted by Crippen LogP contribution is 2.52. The van der Waals surface area contributed by atoms with E-state index in [9.17, 15) is 15.0 Å². The standard InChI is InChI=1S/C16H20O4/c17-13-3-1-2-11-4-5-12(10-14(18)19)16(15(11)13)6-8-20-9-7-16/h1-3,12,17H,4-10H2,(H,18,19). The summed E-state index contributed by atoms with van der Waals surface area (Å²) >= 11 is 0. The van der Waals surface area contributed by atoms with Gasteiger partial charge in [0, 0.05) is 30.6 Å². The Labute approximate surface area is 118 Å². The van der Waals surface area contributed by atoms with E-state index >= 15 is 0 Å². The van der Waals surface area contributed by atoms with Crippen LogP contribution in [0.2, 0.25) is 0 Å². The predicted octanol–water partition coefficient (Wildman–Crippen LogP) is 2.48. The summed E-state index contributed by atoms with van der Waals surface area (Å²) in [6.45, 7) is 1.29. The number of aryl methyl sites for hydroxylation is 1. The number of fused-ring (bicyclic) bond motifs is 2. The minimum absolute atomic E-state index is 0.0877. The lowest BCUT2D eigenvalue weighted by Crippen LogP contribution is -2.45. The zero-order valence-corrected chi connectivity index (χ0v) is 11.5. The molecule has 1 saturated heterocycles. The number of ether oxygens (including phenoxy) is 1. The second-order valence-corrected chi connectivity index (χ2v) is 5.91. The highest BCUT2D eigenvalue weighted by atomic mass is 16.5. The maximum absolute atomic E-state index is 11.2. The summed E-state index contributed by atoms with van der Waals surface area (Å²) in [6, 6.07) is 5.65. The number of phenols is 1. The number of carbonyl (C=O) groups is 1. The largest absolute Gasteiger partial charge is 0.508 e. The molecule has 2 aliphatic rings. The molecule has 1 aromatic carbocycles. The fraction of sp³-hybridized carbons (Fsp3) is 0.562. The fourth-order valence-electron chi connectivity index (χ4n) is 4.08. The van der Waals surface area contributed by atoms with Gasteiger partial charge in [-0.1, -0.05) is 12.1 Å². The van der Waals surface area contributed by atoms with Crippen molar-refractivity contribution in [2.75, 3.05) is 13.2 Å². The van der Waals surface area contributed by atoms with Crippen LogP contribution in [0.25, 0.3) is 0 Å². The van der Waals surface area contributed by atoms with Gasteiger partial charge in [0.05, 0.1) is 0 Å². The lowest BCUT2D eigenvalue weighted by atomic mass is 9.58. The van der Waals surface area contributed by atoms with Gasteiger partial charge in [-0.05, 0) is 43.2 Å². The molecule has 1 heterocycles. The van der Waals surface area contributed by atoms with Crippen molar-refractivity contribution in [2.45, 2.75) is 37.5 Å². The van der Waals surface area contributed by atoms with Gasteiger partial charge >= 0.3 is 5.97 Å². The molecule has 1 atom stereocenters. The van der Waals surface area contributed by atoms with E-state index in [0.29, 0.717) is 19.0 Å². The normalized spacial score (nSPS) is 24.3. The van der Waals surface area contributed by atoms with Crippen LogP contribution >= 0.6 is 0 Å². The van der Waals surface area contributed by atoms with Gasteiger partial charge in [-0.25, -0.2) is 0 Å². The minimum atomic E-state index is -0.750. The first-order chi connectivity index (χ1) is 9.63. The third kappa shape index (κ3) is 2.08. The van der Waals surface area contributed by atoms with Gasteiger partial charge < -0.3 is 14.9 Å². The molecule has 108 valence electrons. The minimum Gasteiger partial charge on any atom is -0.508 e. The van der Waals surface area contributed by atoms with Crippen molar-refractivity contribution in [3.8, 4) is 5.75 Å². The van der Waals surface area contributed by atoms with Crippen LogP contribution in [-0.4, -0.2) is 29.4 Å². The van der Waals surface area contributed by atoms with Gasteiger partial charge in [0.15, 0.2) is 0 Å². The summed E-state index contributed by atoms with van der Waals surface area (Å²) in [6.07, 6.45) is 3.51. The molecule has 1 aliphatic heterocycles. The monoisotopic (exact) mass is 276 g/mol.